The molecule has 1 fully saturated rings. The number of carbonyl (C=O) groups is 3. The summed E-state index contributed by atoms with van der Waals surface area (Å²) in [7, 11) is 0. The zero-order valence-corrected chi connectivity index (χ0v) is 14.7. The lowest BCUT2D eigenvalue weighted by atomic mass is 10.1. The number of urea groups is 1. The first-order chi connectivity index (χ1) is 12.0. The molecule has 1 aromatic carbocycles. The molecule has 1 saturated heterocycles. The molecular weight excluding hydrogens is 351 g/mol. The van der Waals surface area contributed by atoms with Gasteiger partial charge in [0, 0.05) is 6.42 Å². The third kappa shape index (κ3) is 3.38. The minimum absolute atomic E-state index is 0.00420. The van der Waals surface area contributed by atoms with Crippen LogP contribution in [-0.4, -0.2) is 29.7 Å². The summed E-state index contributed by atoms with van der Waals surface area (Å²) in [4.78, 5) is 37.1. The number of nitrogens with one attached hydrogen (secondary N) is 2. The van der Waals surface area contributed by atoms with Crippen molar-refractivity contribution in [2.75, 3.05) is 4.90 Å². The van der Waals surface area contributed by atoms with Crippen molar-refractivity contribution in [2.24, 2.45) is 0 Å². The van der Waals surface area contributed by atoms with Gasteiger partial charge in [0.25, 0.3) is 11.6 Å². The SMILES string of the molecule is CCCCC(=O)N[C@]1(C(F)(F)F)NC(=O)N(c2ccc(C)c(C)c2)C1=O. The average molecular weight is 371 g/mol. The largest absolute Gasteiger partial charge is 0.440 e. The fourth-order valence-electron chi connectivity index (χ4n) is 2.59. The molecule has 1 heterocycles. The molecule has 0 radical (unpaired) electrons. The van der Waals surface area contributed by atoms with E-state index in [9.17, 15) is 27.6 Å². The predicted octanol–water partition coefficient (Wildman–Crippen LogP) is 2.92. The van der Waals surface area contributed by atoms with Gasteiger partial charge in [0.15, 0.2) is 0 Å². The van der Waals surface area contributed by atoms with Crippen molar-refractivity contribution in [1.29, 1.82) is 0 Å². The highest BCUT2D eigenvalue weighted by atomic mass is 19.4. The number of rotatable bonds is 5. The summed E-state index contributed by atoms with van der Waals surface area (Å²) in [6.07, 6.45) is -4.42. The van der Waals surface area contributed by atoms with Crippen molar-refractivity contribution >= 4 is 23.5 Å². The maximum atomic E-state index is 13.7. The molecule has 0 aliphatic carbocycles. The van der Waals surface area contributed by atoms with E-state index in [-0.39, 0.29) is 12.1 Å². The van der Waals surface area contributed by atoms with Crippen LogP contribution in [0.2, 0.25) is 0 Å². The van der Waals surface area contributed by atoms with Crippen LogP contribution in [0.1, 0.15) is 37.3 Å². The van der Waals surface area contributed by atoms with Gasteiger partial charge in [-0.3, -0.25) is 14.9 Å². The molecule has 6 nitrogen and oxygen atoms in total. The molecule has 0 aromatic heterocycles. The average Bonchev–Trinajstić information content (AvgIpc) is 2.79. The second kappa shape index (κ2) is 6.97. The number of amides is 4. The number of aryl methyl sites for hydroxylation is 2. The van der Waals surface area contributed by atoms with Crippen molar-refractivity contribution in [3.05, 3.63) is 29.3 Å². The zero-order valence-electron chi connectivity index (χ0n) is 14.7. The normalized spacial score (nSPS) is 20.3. The third-order valence-corrected chi connectivity index (χ3v) is 4.28. The van der Waals surface area contributed by atoms with Crippen LogP contribution >= 0.6 is 0 Å². The molecule has 1 aliphatic rings. The quantitative estimate of drug-likeness (QED) is 0.781. The molecule has 0 spiro atoms. The highest BCUT2D eigenvalue weighted by molar-refractivity contribution is 6.24. The van der Waals surface area contributed by atoms with Crippen LogP contribution in [0.25, 0.3) is 0 Å². The van der Waals surface area contributed by atoms with E-state index in [0.29, 0.717) is 23.3 Å². The van der Waals surface area contributed by atoms with Crippen LogP contribution in [0.4, 0.5) is 23.7 Å². The Morgan fingerprint density at radius 1 is 1.23 bits per heavy atom. The van der Waals surface area contributed by atoms with Crippen molar-refractivity contribution in [3.63, 3.8) is 0 Å². The molecular formula is C17H20F3N3O3. The first-order valence-electron chi connectivity index (χ1n) is 8.15. The van der Waals surface area contributed by atoms with Crippen LogP contribution in [-0.2, 0) is 9.59 Å². The summed E-state index contributed by atoms with van der Waals surface area (Å²) in [5.41, 5.74) is -1.90. The van der Waals surface area contributed by atoms with E-state index in [1.54, 1.807) is 37.5 Å². The summed E-state index contributed by atoms with van der Waals surface area (Å²) in [5, 5.41) is 3.31. The number of halogens is 3. The topological polar surface area (TPSA) is 78.5 Å². The lowest BCUT2D eigenvalue weighted by Crippen LogP contribution is -2.69. The summed E-state index contributed by atoms with van der Waals surface area (Å²) < 4.78 is 41.0. The van der Waals surface area contributed by atoms with Gasteiger partial charge < -0.3 is 5.32 Å². The molecule has 2 N–H and O–H groups in total. The lowest BCUT2D eigenvalue weighted by Gasteiger charge is -2.29. The smallest absolute Gasteiger partial charge is 0.318 e. The van der Waals surface area contributed by atoms with Gasteiger partial charge in [-0.2, -0.15) is 13.2 Å². The number of carbonyl (C=O) groups excluding carboxylic acids is 3. The second-order valence-corrected chi connectivity index (χ2v) is 6.24. The van der Waals surface area contributed by atoms with Crippen LogP contribution in [0.5, 0.6) is 0 Å². The van der Waals surface area contributed by atoms with E-state index < -0.39 is 29.7 Å². The molecule has 26 heavy (non-hydrogen) atoms. The summed E-state index contributed by atoms with van der Waals surface area (Å²) >= 11 is 0. The van der Waals surface area contributed by atoms with Crippen LogP contribution in [0.3, 0.4) is 0 Å². The maximum absolute atomic E-state index is 13.7. The number of imide groups is 1. The van der Waals surface area contributed by atoms with E-state index in [2.05, 4.69) is 0 Å². The Balaban J connectivity index is 2.42. The van der Waals surface area contributed by atoms with Crippen LogP contribution < -0.4 is 15.5 Å². The molecule has 1 atom stereocenters. The Kier molecular flexibility index (Phi) is 5.29. The van der Waals surface area contributed by atoms with Gasteiger partial charge in [0.05, 0.1) is 5.69 Å². The van der Waals surface area contributed by atoms with Crippen LogP contribution in [0.15, 0.2) is 18.2 Å². The van der Waals surface area contributed by atoms with Crippen molar-refractivity contribution < 1.29 is 27.6 Å². The number of nitrogens with zero attached hydrogens (tertiary/aromatic N) is 1. The van der Waals surface area contributed by atoms with E-state index in [1.165, 1.54) is 12.1 Å². The molecule has 0 unspecified atom stereocenters. The number of anilines is 1. The number of benzene rings is 1. The molecule has 0 saturated carbocycles. The highest BCUT2D eigenvalue weighted by Crippen LogP contribution is 2.36. The number of hydrogen-bond acceptors (Lipinski definition) is 3. The maximum Gasteiger partial charge on any atom is 0.440 e. The van der Waals surface area contributed by atoms with E-state index >= 15 is 0 Å². The molecule has 1 aliphatic heterocycles. The molecule has 2 rings (SSSR count). The van der Waals surface area contributed by atoms with Gasteiger partial charge in [-0.05, 0) is 43.5 Å². The van der Waals surface area contributed by atoms with Crippen molar-refractivity contribution in [2.45, 2.75) is 51.9 Å². The fraction of sp³-hybridized carbons (Fsp3) is 0.471. The summed E-state index contributed by atoms with van der Waals surface area (Å²) in [5.74, 6) is -2.54. The Labute approximate surface area is 148 Å². The highest BCUT2D eigenvalue weighted by Gasteiger charge is 2.69. The number of unbranched alkanes of at least 4 members (excludes halogenated alkanes) is 1. The van der Waals surface area contributed by atoms with E-state index in [4.69, 9.17) is 0 Å². The van der Waals surface area contributed by atoms with E-state index in [0.717, 1.165) is 5.56 Å². The van der Waals surface area contributed by atoms with Crippen LogP contribution in [0, 0.1) is 13.8 Å². The van der Waals surface area contributed by atoms with E-state index in [1.807, 2.05) is 0 Å². The van der Waals surface area contributed by atoms with Crippen molar-refractivity contribution in [1.82, 2.24) is 10.6 Å². The lowest BCUT2D eigenvalue weighted by molar-refractivity contribution is -0.201. The van der Waals surface area contributed by atoms with Gasteiger partial charge in [0.2, 0.25) is 5.91 Å². The molecule has 0 bridgehead atoms. The minimum atomic E-state index is -5.20. The monoisotopic (exact) mass is 371 g/mol. The molecule has 9 heteroatoms. The Morgan fingerprint density at radius 3 is 2.42 bits per heavy atom. The van der Waals surface area contributed by atoms with Gasteiger partial charge >= 0.3 is 12.2 Å². The Hall–Kier alpha value is -2.58. The minimum Gasteiger partial charge on any atom is -0.318 e. The fourth-order valence-corrected chi connectivity index (χ4v) is 2.59. The standard InChI is InChI=1S/C17H20F3N3O3/c1-4-5-6-13(24)21-16(17(18,19)20)14(25)23(15(26)22-16)12-8-7-10(2)11(3)9-12/h7-9H,4-6H2,1-3H3,(H,21,24)(H,22,26)/t16-/m0/s1. The molecule has 142 valence electrons. The van der Waals surface area contributed by atoms with Gasteiger partial charge in [-0.25, -0.2) is 9.69 Å². The summed E-state index contributed by atoms with van der Waals surface area (Å²) in [6, 6.07) is 3.17. The summed E-state index contributed by atoms with van der Waals surface area (Å²) in [6.45, 7) is 5.27. The van der Waals surface area contributed by atoms with Gasteiger partial charge in [0.1, 0.15) is 0 Å². The third-order valence-electron chi connectivity index (χ3n) is 4.28. The second-order valence-electron chi connectivity index (χ2n) is 6.24. The Morgan fingerprint density at radius 2 is 1.88 bits per heavy atom. The zero-order chi connectivity index (χ0) is 19.7. The Bertz CT molecular complexity index is 749. The molecule has 1 aromatic rings. The predicted molar refractivity (Wildman–Crippen MR) is 88.4 cm³/mol. The number of alkyl halides is 3. The van der Waals surface area contributed by atoms with Crippen molar-refractivity contribution in [3.8, 4) is 0 Å². The first-order valence-corrected chi connectivity index (χ1v) is 8.15. The van der Waals surface area contributed by atoms with Gasteiger partial charge in [-0.1, -0.05) is 19.4 Å². The molecule has 4 amide bonds. The number of hydrogen-bond donors (Lipinski definition) is 2. The first kappa shape index (κ1) is 19.7. The van der Waals surface area contributed by atoms with Gasteiger partial charge in [-0.15, -0.1) is 0 Å².